The molecule has 0 saturated carbocycles. The average molecular weight is 302 g/mol. The third kappa shape index (κ3) is 3.19. The van der Waals surface area contributed by atoms with E-state index in [0.717, 1.165) is 6.20 Å². The number of fused-ring (bicyclic) bond motifs is 1. The third-order valence-electron chi connectivity index (χ3n) is 2.84. The number of nitrogens with one attached hydrogen (secondary N) is 2. The van der Waals surface area contributed by atoms with Gasteiger partial charge in [-0.05, 0) is 50.0 Å². The molecule has 5 nitrogen and oxygen atoms in total. The number of rotatable bonds is 5. The molecule has 2 N–H and O–H groups in total. The summed E-state index contributed by atoms with van der Waals surface area (Å²) in [5, 5.41) is -0.144. The molecule has 1 saturated heterocycles. The molecular formula is C16H21N3O2. The fourth-order valence-corrected chi connectivity index (χ4v) is 1.97. The zero-order valence-corrected chi connectivity index (χ0v) is 10.7. The fraction of sp³-hybridized carbons (Fsp3) is 0.438. The van der Waals surface area contributed by atoms with Crippen LogP contribution < -0.4 is 5.31 Å². The predicted octanol–water partition coefficient (Wildman–Crippen LogP) is 1.92. The number of hydrogen-bond acceptors (Lipinski definition) is 3. The second-order valence-corrected chi connectivity index (χ2v) is 4.30. The van der Waals surface area contributed by atoms with E-state index in [9.17, 15) is 4.79 Å². The van der Waals surface area contributed by atoms with E-state index in [1.807, 2.05) is 0 Å². The Balaban J connectivity index is 2.16. The van der Waals surface area contributed by atoms with E-state index in [0.29, 0.717) is 4.98 Å². The van der Waals surface area contributed by atoms with E-state index in [1.54, 1.807) is 0 Å². The Morgan fingerprint density at radius 3 is 3.33 bits per heavy atom. The van der Waals surface area contributed by atoms with Gasteiger partial charge in [0.2, 0.25) is 0 Å². The van der Waals surface area contributed by atoms with Gasteiger partial charge in [0.25, 0.3) is 0 Å². The van der Waals surface area contributed by atoms with Crippen LogP contribution >= 0.6 is 0 Å². The highest BCUT2D eigenvalue weighted by atomic mass is 16.6. The van der Waals surface area contributed by atoms with Crippen molar-refractivity contribution in [2.75, 3.05) is 27.0 Å². The van der Waals surface area contributed by atoms with Crippen molar-refractivity contribution in [3.8, 4) is 0 Å². The molecule has 1 aromatic carbocycles. The lowest BCUT2D eigenvalue weighted by atomic mass is 10.0. The first-order valence-electron chi connectivity index (χ1n) is 13.3. The smallest absolute Gasteiger partial charge is 0.407 e. The molecule has 2 heterocycles. The minimum absolute atomic E-state index is 0.00580. The van der Waals surface area contributed by atoms with Crippen LogP contribution in [-0.2, 0) is 17.5 Å². The van der Waals surface area contributed by atoms with Crippen LogP contribution in [0.2, 0.25) is 2.82 Å². The molecule has 1 aliphatic heterocycles. The highest BCUT2D eigenvalue weighted by Crippen LogP contribution is 2.21. The van der Waals surface area contributed by atoms with Crippen LogP contribution in [0.3, 0.4) is 0 Å². The number of benzene rings is 1. The molecule has 1 aromatic heterocycles. The van der Waals surface area contributed by atoms with Crippen molar-refractivity contribution < 1.29 is 30.2 Å². The SMILES string of the molecule is [2H]N1C(=O)OC([2H])([2H])[C@]1([2H])Cc1ccc2c(c1)c(C([2H])([2H])C([2H])([2H])N(C([2H])([2H])[2H])C([2H])([2H])[2H])cn2[2H]. The van der Waals surface area contributed by atoms with Crippen molar-refractivity contribution in [3.05, 3.63) is 35.5 Å². The van der Waals surface area contributed by atoms with E-state index in [2.05, 4.69) is 4.74 Å². The Bertz CT molecular complexity index is 1170. The Kier molecular flexibility index (Phi) is 1.30. The molecule has 0 bridgehead atoms. The molecule has 21 heavy (non-hydrogen) atoms. The van der Waals surface area contributed by atoms with Crippen LogP contribution in [0.25, 0.3) is 10.9 Å². The number of likely N-dealkylation sites (N-methyl/N-ethyl adjacent to an activating group) is 1. The molecule has 5 heteroatoms. The Labute approximate surface area is 145 Å². The number of cyclic esters (lactones) is 1. The number of nitrogens with zero attached hydrogens (tertiary/aromatic N) is 1. The summed E-state index contributed by atoms with van der Waals surface area (Å²) >= 11 is 0. The number of carbonyl (C=O) groups is 1. The first-order chi connectivity index (χ1) is 16.0. The van der Waals surface area contributed by atoms with E-state index >= 15 is 0 Å². The summed E-state index contributed by atoms with van der Waals surface area (Å²) in [6, 6.07) is 1.21. The maximum Gasteiger partial charge on any atom is 0.407 e. The van der Waals surface area contributed by atoms with Crippen molar-refractivity contribution in [1.82, 2.24) is 15.2 Å². The zero-order chi connectivity index (χ0) is 27.9. The highest BCUT2D eigenvalue weighted by Gasteiger charge is 2.22. The van der Waals surface area contributed by atoms with Gasteiger partial charge < -0.3 is 19.9 Å². The van der Waals surface area contributed by atoms with Gasteiger partial charge in [0.05, 0.1) is 10.1 Å². The van der Waals surface area contributed by atoms with Crippen LogP contribution in [0.4, 0.5) is 4.79 Å². The molecule has 0 spiro atoms. The molecule has 3 rings (SSSR count). The minimum Gasteiger partial charge on any atom is -0.447 e. The quantitative estimate of drug-likeness (QED) is 0.887. The normalized spacial score (nSPS) is 37.7. The largest absolute Gasteiger partial charge is 0.447 e. The van der Waals surface area contributed by atoms with E-state index in [4.69, 9.17) is 20.6 Å². The monoisotopic (exact) mass is 302 g/mol. The Morgan fingerprint density at radius 2 is 2.57 bits per heavy atom. The zero-order valence-electron chi connectivity index (χ0n) is 25.7. The van der Waals surface area contributed by atoms with Crippen molar-refractivity contribution in [2.45, 2.75) is 18.8 Å². The molecule has 0 unspecified atom stereocenters. The number of aryl methyl sites for hydroxylation is 1. The lowest BCUT2D eigenvalue weighted by molar-refractivity contribution is 0.177. The number of H-pyrrole nitrogens is 1. The number of carbonyl (C=O) groups excluding carboxylic acids is 1. The lowest BCUT2D eigenvalue weighted by Gasteiger charge is -2.09. The molecule has 0 aliphatic carbocycles. The van der Waals surface area contributed by atoms with Crippen molar-refractivity contribution in [3.63, 3.8) is 0 Å². The Hall–Kier alpha value is -2.01. The second kappa shape index (κ2) is 5.77. The molecule has 1 fully saturated rings. The van der Waals surface area contributed by atoms with Gasteiger partial charge in [0, 0.05) is 37.3 Å². The first-order valence-corrected chi connectivity index (χ1v) is 5.95. The van der Waals surface area contributed by atoms with E-state index in [1.165, 1.54) is 18.2 Å². The van der Waals surface area contributed by atoms with Crippen LogP contribution in [0.15, 0.2) is 24.4 Å². The van der Waals surface area contributed by atoms with E-state index < -0.39 is 62.4 Å². The van der Waals surface area contributed by atoms with Crippen LogP contribution in [-0.4, -0.2) is 49.0 Å². The number of aromatic nitrogens is 1. The minimum atomic E-state index is -3.65. The van der Waals surface area contributed by atoms with Crippen LogP contribution in [0.1, 0.15) is 28.9 Å². The summed E-state index contributed by atoms with van der Waals surface area (Å²) in [4.78, 5) is 11.8. The van der Waals surface area contributed by atoms with Gasteiger partial charge in [-0.15, -0.1) is 0 Å². The maximum absolute atomic E-state index is 11.7. The van der Waals surface area contributed by atoms with Gasteiger partial charge in [-0.25, -0.2) is 4.79 Å². The molecule has 2 aromatic rings. The van der Waals surface area contributed by atoms with Gasteiger partial charge in [-0.1, -0.05) is 6.07 Å². The molecule has 1 atom stereocenters. The summed E-state index contributed by atoms with van der Waals surface area (Å²) in [6.45, 7) is -13.7. The molecule has 0 radical (unpaired) electrons. The highest BCUT2D eigenvalue weighted by molar-refractivity contribution is 5.84. The van der Waals surface area contributed by atoms with Crippen molar-refractivity contribution in [2.24, 2.45) is 0 Å². The summed E-state index contributed by atoms with van der Waals surface area (Å²) in [6.07, 6.45) is -4.49. The summed E-state index contributed by atoms with van der Waals surface area (Å²) in [7, 11) is 0. The number of hydrogen-bond donors (Lipinski definition) is 2. The first kappa shape index (κ1) is 4.74. The Morgan fingerprint density at radius 1 is 1.67 bits per heavy atom. The maximum atomic E-state index is 11.7. The second-order valence-electron chi connectivity index (χ2n) is 4.30. The average Bonchev–Trinajstić information content (AvgIpc) is 3.06. The lowest BCUT2D eigenvalue weighted by Crippen LogP contribution is -2.28. The van der Waals surface area contributed by atoms with Gasteiger partial charge >= 0.3 is 6.09 Å². The molecule has 112 valence electrons. The number of ether oxygens (including phenoxy) is 1. The van der Waals surface area contributed by atoms with Crippen molar-refractivity contribution >= 4 is 17.0 Å². The number of amides is 1. The van der Waals surface area contributed by atoms with E-state index in [-0.39, 0.29) is 21.8 Å². The predicted molar refractivity (Wildman–Crippen MR) is 82.5 cm³/mol. The van der Waals surface area contributed by atoms with Crippen molar-refractivity contribution in [1.29, 1.82) is 0 Å². The van der Waals surface area contributed by atoms with Gasteiger partial charge in [-0.3, -0.25) is 0 Å². The number of aromatic amines is 1. The summed E-state index contributed by atoms with van der Waals surface area (Å²) in [5.74, 6) is 0. The number of alkyl carbamates (subject to hydrolysis) is 1. The van der Waals surface area contributed by atoms with Gasteiger partial charge in [0.15, 0.2) is 2.82 Å². The third-order valence-corrected chi connectivity index (χ3v) is 2.84. The molecule has 1 amide bonds. The standard InChI is InChI=1S/C16H21N3O2/c1-19(2)6-5-12-9-17-15-4-3-11(8-14(12)15)7-13-10-21-16(20)18-13/h3-4,8-9,13,17H,5-7,10H2,1-2H3,(H,18,20)/t13-/m0/s1/i1D3,2D3,5D2,6D2,10D2,13D/hD2. The summed E-state index contributed by atoms with van der Waals surface area (Å²) in [5.41, 5.74) is -0.503. The van der Waals surface area contributed by atoms with Crippen LogP contribution in [0, 0.1) is 0 Å². The summed E-state index contributed by atoms with van der Waals surface area (Å²) < 4.78 is 123. The fourth-order valence-electron chi connectivity index (χ4n) is 1.97. The molecular weight excluding hydrogens is 266 g/mol. The topological polar surface area (TPSA) is 57.4 Å². The van der Waals surface area contributed by atoms with Gasteiger partial charge in [-0.2, -0.15) is 0 Å². The molecule has 1 aliphatic rings. The van der Waals surface area contributed by atoms with Crippen LogP contribution in [0.5, 0.6) is 0 Å². The van der Waals surface area contributed by atoms with Gasteiger partial charge in [0.1, 0.15) is 6.56 Å².